The minimum Gasteiger partial charge on any atom is -0.351 e. The van der Waals surface area contributed by atoms with Gasteiger partial charge in [0.2, 0.25) is 5.91 Å². The molecule has 1 aliphatic heterocycles. The zero-order valence-corrected chi connectivity index (χ0v) is 14.9. The Morgan fingerprint density at radius 3 is 2.67 bits per heavy atom. The van der Waals surface area contributed by atoms with Gasteiger partial charge in [-0.15, -0.1) is 0 Å². The summed E-state index contributed by atoms with van der Waals surface area (Å²) in [7, 11) is 0. The number of nitrogens with zero attached hydrogens (tertiary/aromatic N) is 1. The van der Waals surface area contributed by atoms with Crippen LogP contribution in [0.5, 0.6) is 0 Å². The van der Waals surface area contributed by atoms with Crippen LogP contribution >= 0.6 is 11.3 Å². The van der Waals surface area contributed by atoms with Gasteiger partial charge < -0.3 is 5.32 Å². The van der Waals surface area contributed by atoms with Gasteiger partial charge in [0.05, 0.1) is 0 Å². The fraction of sp³-hybridized carbons (Fsp3) is 0.450. The molecule has 2 aliphatic rings. The van der Waals surface area contributed by atoms with Crippen molar-refractivity contribution in [2.24, 2.45) is 5.92 Å². The van der Waals surface area contributed by atoms with Crippen molar-refractivity contribution in [2.45, 2.75) is 38.3 Å². The topological polar surface area (TPSA) is 32.3 Å². The molecule has 2 aromatic rings. The monoisotopic (exact) mass is 340 g/mol. The molecule has 0 spiro atoms. The van der Waals surface area contributed by atoms with E-state index in [0.29, 0.717) is 5.92 Å². The fourth-order valence-electron chi connectivity index (χ4n) is 3.60. The number of thiophene rings is 1. The minimum absolute atomic E-state index is 0.222. The van der Waals surface area contributed by atoms with Crippen molar-refractivity contribution < 1.29 is 4.79 Å². The molecule has 4 heteroatoms. The molecule has 1 aliphatic carbocycles. The van der Waals surface area contributed by atoms with E-state index in [4.69, 9.17) is 0 Å². The lowest BCUT2D eigenvalue weighted by atomic mass is 9.93. The molecule has 2 heterocycles. The third-order valence-corrected chi connectivity index (χ3v) is 5.90. The molecule has 1 amide bonds. The van der Waals surface area contributed by atoms with Crippen molar-refractivity contribution in [3.63, 3.8) is 0 Å². The minimum atomic E-state index is 0.222. The van der Waals surface area contributed by atoms with Crippen molar-refractivity contribution in [1.29, 1.82) is 0 Å². The van der Waals surface area contributed by atoms with Gasteiger partial charge in [0, 0.05) is 37.5 Å². The van der Waals surface area contributed by atoms with Crippen molar-refractivity contribution in [3.8, 4) is 0 Å². The van der Waals surface area contributed by atoms with Crippen LogP contribution in [0.1, 0.15) is 35.4 Å². The second-order valence-corrected chi connectivity index (χ2v) is 8.01. The van der Waals surface area contributed by atoms with Crippen LogP contribution in [0.25, 0.3) is 0 Å². The lowest BCUT2D eigenvalue weighted by Gasteiger charge is -2.20. The Labute approximate surface area is 147 Å². The first-order chi connectivity index (χ1) is 11.7. The largest absolute Gasteiger partial charge is 0.351 e. The molecule has 126 valence electrons. The van der Waals surface area contributed by atoms with Crippen molar-refractivity contribution in [2.75, 3.05) is 13.1 Å². The van der Waals surface area contributed by atoms with Crippen molar-refractivity contribution >= 4 is 17.2 Å². The van der Waals surface area contributed by atoms with Gasteiger partial charge in [-0.2, -0.15) is 11.3 Å². The second-order valence-electron chi connectivity index (χ2n) is 7.23. The van der Waals surface area contributed by atoms with Gasteiger partial charge in [-0.3, -0.25) is 9.69 Å². The lowest BCUT2D eigenvalue weighted by Crippen LogP contribution is -2.40. The quantitative estimate of drug-likeness (QED) is 0.903. The average molecular weight is 340 g/mol. The Morgan fingerprint density at radius 2 is 2.00 bits per heavy atom. The number of benzene rings is 1. The van der Waals surface area contributed by atoms with Crippen LogP contribution in [0.4, 0.5) is 0 Å². The molecule has 0 bridgehead atoms. The Kier molecular flexibility index (Phi) is 4.42. The highest BCUT2D eigenvalue weighted by atomic mass is 32.1. The molecule has 2 atom stereocenters. The Balaban J connectivity index is 1.50. The highest BCUT2D eigenvalue weighted by Gasteiger charge is 2.38. The maximum absolute atomic E-state index is 12.3. The number of likely N-dealkylation sites (tertiary alicyclic amines) is 1. The summed E-state index contributed by atoms with van der Waals surface area (Å²) in [5.41, 5.74) is 4.00. The SMILES string of the molecule is Cc1ccc([C@@H]2CN(Cc3ccsc3)C[C@H]2NC(=O)C2CC2)cc1. The molecular weight excluding hydrogens is 316 g/mol. The van der Waals surface area contributed by atoms with E-state index in [1.54, 1.807) is 11.3 Å². The molecule has 1 aromatic carbocycles. The zero-order chi connectivity index (χ0) is 16.5. The predicted octanol–water partition coefficient (Wildman–Crippen LogP) is 3.55. The van der Waals surface area contributed by atoms with Crippen LogP contribution in [0, 0.1) is 12.8 Å². The number of hydrogen-bond acceptors (Lipinski definition) is 3. The summed E-state index contributed by atoms with van der Waals surface area (Å²) in [5, 5.41) is 7.69. The lowest BCUT2D eigenvalue weighted by molar-refractivity contribution is -0.123. The molecule has 3 nitrogen and oxygen atoms in total. The summed E-state index contributed by atoms with van der Waals surface area (Å²) >= 11 is 1.75. The molecule has 4 rings (SSSR count). The van der Waals surface area contributed by atoms with Crippen LogP contribution < -0.4 is 5.32 Å². The third kappa shape index (κ3) is 3.55. The van der Waals surface area contributed by atoms with Gasteiger partial charge in [-0.1, -0.05) is 29.8 Å². The first-order valence-electron chi connectivity index (χ1n) is 8.79. The number of carbonyl (C=O) groups is 1. The van der Waals surface area contributed by atoms with Crippen LogP contribution in [-0.2, 0) is 11.3 Å². The molecule has 1 saturated heterocycles. The molecule has 1 N–H and O–H groups in total. The molecule has 1 aromatic heterocycles. The summed E-state index contributed by atoms with van der Waals surface area (Å²) in [6.07, 6.45) is 2.12. The highest BCUT2D eigenvalue weighted by Crippen LogP contribution is 2.32. The standard InChI is InChI=1S/C20H24N2OS/c1-14-2-4-16(5-3-14)18-11-22(10-15-8-9-24-13-15)12-19(18)21-20(23)17-6-7-17/h2-5,8-9,13,17-19H,6-7,10-12H2,1H3,(H,21,23)/t18-,19+/m0/s1. The van der Waals surface area contributed by atoms with Crippen molar-refractivity contribution in [3.05, 3.63) is 57.8 Å². The van der Waals surface area contributed by atoms with E-state index >= 15 is 0 Å². The molecule has 1 saturated carbocycles. The van der Waals surface area contributed by atoms with Gasteiger partial charge >= 0.3 is 0 Å². The van der Waals surface area contributed by atoms with E-state index in [9.17, 15) is 4.79 Å². The van der Waals surface area contributed by atoms with Crippen LogP contribution in [0.3, 0.4) is 0 Å². The van der Waals surface area contributed by atoms with Gasteiger partial charge in [-0.05, 0) is 47.7 Å². The summed E-state index contributed by atoms with van der Waals surface area (Å²) in [5.74, 6) is 0.913. The van der Waals surface area contributed by atoms with E-state index in [0.717, 1.165) is 32.5 Å². The summed E-state index contributed by atoms with van der Waals surface area (Å²) < 4.78 is 0. The number of carbonyl (C=O) groups excluding carboxylic acids is 1. The normalized spacial score (nSPS) is 24.2. The van der Waals surface area contributed by atoms with Crippen molar-refractivity contribution in [1.82, 2.24) is 10.2 Å². The van der Waals surface area contributed by atoms with Crippen LogP contribution in [0.2, 0.25) is 0 Å². The second kappa shape index (κ2) is 6.69. The molecule has 0 unspecified atom stereocenters. The van der Waals surface area contributed by atoms with Crippen LogP contribution in [-0.4, -0.2) is 29.9 Å². The zero-order valence-electron chi connectivity index (χ0n) is 14.1. The number of rotatable bonds is 5. The molecule has 0 radical (unpaired) electrons. The summed E-state index contributed by atoms with van der Waals surface area (Å²) in [6.45, 7) is 5.04. The number of amides is 1. The van der Waals surface area contributed by atoms with Gasteiger partial charge in [0.15, 0.2) is 0 Å². The Hall–Kier alpha value is -1.65. The number of hydrogen-bond donors (Lipinski definition) is 1. The predicted molar refractivity (Wildman–Crippen MR) is 98.2 cm³/mol. The van der Waals surface area contributed by atoms with Crippen LogP contribution in [0.15, 0.2) is 41.1 Å². The maximum Gasteiger partial charge on any atom is 0.223 e. The van der Waals surface area contributed by atoms with Gasteiger partial charge in [-0.25, -0.2) is 0 Å². The maximum atomic E-state index is 12.3. The highest BCUT2D eigenvalue weighted by molar-refractivity contribution is 7.07. The first-order valence-corrected chi connectivity index (χ1v) is 9.73. The van der Waals surface area contributed by atoms with E-state index < -0.39 is 0 Å². The first kappa shape index (κ1) is 15.9. The average Bonchev–Trinajstić information content (AvgIpc) is 3.18. The molecular formula is C20H24N2OS. The summed E-state index contributed by atoms with van der Waals surface area (Å²) in [4.78, 5) is 14.8. The third-order valence-electron chi connectivity index (χ3n) is 5.16. The number of nitrogens with one attached hydrogen (secondary N) is 1. The van der Waals surface area contributed by atoms with E-state index in [1.807, 2.05) is 0 Å². The fourth-order valence-corrected chi connectivity index (χ4v) is 4.26. The Bertz CT molecular complexity index is 691. The molecule has 2 fully saturated rings. The van der Waals surface area contributed by atoms with E-state index in [2.05, 4.69) is 58.2 Å². The van der Waals surface area contributed by atoms with Gasteiger partial charge in [0.25, 0.3) is 0 Å². The Morgan fingerprint density at radius 1 is 1.21 bits per heavy atom. The molecule has 24 heavy (non-hydrogen) atoms. The smallest absolute Gasteiger partial charge is 0.223 e. The summed E-state index contributed by atoms with van der Waals surface area (Å²) in [6, 6.07) is 11.2. The number of aryl methyl sites for hydroxylation is 1. The van der Waals surface area contributed by atoms with Gasteiger partial charge in [0.1, 0.15) is 0 Å². The van der Waals surface area contributed by atoms with E-state index in [-0.39, 0.29) is 17.9 Å². The van der Waals surface area contributed by atoms with E-state index in [1.165, 1.54) is 16.7 Å².